The lowest BCUT2D eigenvalue weighted by atomic mass is 9.94. The van der Waals surface area contributed by atoms with Crippen LogP contribution in [0, 0.1) is 5.41 Å². The molecule has 0 spiro atoms. The number of carboxylic acid groups (broad SMARTS) is 1. The van der Waals surface area contributed by atoms with E-state index >= 15 is 0 Å². The van der Waals surface area contributed by atoms with Crippen LogP contribution in [0.15, 0.2) is 0 Å². The normalized spacial score (nSPS) is 14.5. The van der Waals surface area contributed by atoms with Crippen LogP contribution in [-0.2, 0) is 9.59 Å². The van der Waals surface area contributed by atoms with Crippen LogP contribution in [0.4, 0.5) is 4.79 Å². The predicted octanol–water partition coefficient (Wildman–Crippen LogP) is 0.455. The number of hydrogen-bond acceptors (Lipinski definition) is 3. The van der Waals surface area contributed by atoms with Gasteiger partial charge in [-0.05, 0) is 33.1 Å². The maximum Gasteiger partial charge on any atom is 0.314 e. The molecule has 4 N–H and O–H groups in total. The van der Waals surface area contributed by atoms with E-state index in [9.17, 15) is 14.4 Å². The molecule has 0 aromatic rings. The third-order valence-corrected chi connectivity index (χ3v) is 3.08. The van der Waals surface area contributed by atoms with E-state index in [0.717, 1.165) is 12.8 Å². The smallest absolute Gasteiger partial charge is 0.314 e. The van der Waals surface area contributed by atoms with Crippen molar-refractivity contribution in [3.05, 3.63) is 0 Å². The summed E-state index contributed by atoms with van der Waals surface area (Å²) in [4.78, 5) is 33.6. The molecule has 0 atom stereocenters. The second-order valence-corrected chi connectivity index (χ2v) is 5.74. The molecular formula is C13H23N3O4. The molecule has 7 heteroatoms. The van der Waals surface area contributed by atoms with Crippen LogP contribution in [0.1, 0.15) is 39.5 Å². The maximum absolute atomic E-state index is 11.4. The molecule has 0 unspecified atom stereocenters. The highest BCUT2D eigenvalue weighted by Crippen LogP contribution is 2.18. The lowest BCUT2D eigenvalue weighted by Gasteiger charge is -2.19. The average Bonchev–Trinajstić information content (AvgIpc) is 3.16. The first-order valence-corrected chi connectivity index (χ1v) is 6.86. The van der Waals surface area contributed by atoms with Gasteiger partial charge >= 0.3 is 12.0 Å². The van der Waals surface area contributed by atoms with Crippen molar-refractivity contribution in [2.45, 2.75) is 45.6 Å². The van der Waals surface area contributed by atoms with E-state index in [1.807, 2.05) is 0 Å². The molecule has 1 aliphatic rings. The van der Waals surface area contributed by atoms with Crippen LogP contribution in [0.25, 0.3) is 0 Å². The number of carboxylic acids is 1. The lowest BCUT2D eigenvalue weighted by molar-refractivity contribution is -0.146. The van der Waals surface area contributed by atoms with E-state index in [4.69, 9.17) is 5.11 Å². The van der Waals surface area contributed by atoms with E-state index in [1.54, 1.807) is 0 Å². The predicted molar refractivity (Wildman–Crippen MR) is 73.2 cm³/mol. The number of carbonyl (C=O) groups is 3. The zero-order chi connectivity index (χ0) is 15.2. The molecule has 3 amide bonds. The number of hydrogen-bond donors (Lipinski definition) is 4. The first-order valence-electron chi connectivity index (χ1n) is 6.86. The molecule has 7 nitrogen and oxygen atoms in total. The highest BCUT2D eigenvalue weighted by atomic mass is 16.4. The van der Waals surface area contributed by atoms with Crippen molar-refractivity contribution in [2.75, 3.05) is 13.1 Å². The van der Waals surface area contributed by atoms with Gasteiger partial charge in [0.15, 0.2) is 0 Å². The molecule has 0 heterocycles. The number of nitrogens with one attached hydrogen (secondary N) is 3. The van der Waals surface area contributed by atoms with Gasteiger partial charge in [0, 0.05) is 25.6 Å². The Morgan fingerprint density at radius 2 is 1.85 bits per heavy atom. The topological polar surface area (TPSA) is 108 Å². The average molecular weight is 285 g/mol. The quantitative estimate of drug-likeness (QED) is 0.486. The van der Waals surface area contributed by atoms with Crippen LogP contribution < -0.4 is 16.0 Å². The number of urea groups is 1. The minimum atomic E-state index is -0.999. The lowest BCUT2D eigenvalue weighted by Crippen LogP contribution is -2.43. The van der Waals surface area contributed by atoms with Gasteiger partial charge in [0.05, 0.1) is 5.41 Å². The number of aliphatic carboxylic acids is 1. The number of amides is 3. The Labute approximate surface area is 118 Å². The summed E-state index contributed by atoms with van der Waals surface area (Å²) in [7, 11) is 0. The Balaban J connectivity index is 2.04. The fourth-order valence-electron chi connectivity index (χ4n) is 1.42. The van der Waals surface area contributed by atoms with E-state index in [-0.39, 0.29) is 12.5 Å². The summed E-state index contributed by atoms with van der Waals surface area (Å²) < 4.78 is 0. The Morgan fingerprint density at radius 3 is 2.40 bits per heavy atom. The second-order valence-electron chi connectivity index (χ2n) is 5.74. The third-order valence-electron chi connectivity index (χ3n) is 3.08. The molecule has 0 saturated heterocycles. The third kappa shape index (κ3) is 6.40. The zero-order valence-electron chi connectivity index (χ0n) is 12.0. The number of carbonyl (C=O) groups excluding carboxylic acids is 2. The summed E-state index contributed by atoms with van der Waals surface area (Å²) in [6.07, 6.45) is 3.07. The zero-order valence-corrected chi connectivity index (χ0v) is 12.0. The Morgan fingerprint density at radius 1 is 1.20 bits per heavy atom. The molecule has 1 rings (SSSR count). The van der Waals surface area contributed by atoms with Crippen molar-refractivity contribution < 1.29 is 19.5 Å². The molecule has 1 saturated carbocycles. The van der Waals surface area contributed by atoms with Crippen molar-refractivity contribution in [2.24, 2.45) is 5.41 Å². The van der Waals surface area contributed by atoms with Crippen molar-refractivity contribution in [3.63, 3.8) is 0 Å². The van der Waals surface area contributed by atoms with Crippen LogP contribution >= 0.6 is 0 Å². The Kier molecular flexibility index (Phi) is 5.79. The molecule has 0 aromatic carbocycles. The van der Waals surface area contributed by atoms with Crippen LogP contribution in [-0.4, -0.2) is 42.1 Å². The van der Waals surface area contributed by atoms with E-state index in [0.29, 0.717) is 25.4 Å². The van der Waals surface area contributed by atoms with Gasteiger partial charge in [-0.25, -0.2) is 4.79 Å². The van der Waals surface area contributed by atoms with Gasteiger partial charge in [0.25, 0.3) is 0 Å². The molecule has 114 valence electrons. The molecule has 1 aliphatic carbocycles. The van der Waals surface area contributed by atoms with Gasteiger partial charge in [0.1, 0.15) is 0 Å². The van der Waals surface area contributed by atoms with Gasteiger partial charge in [-0.15, -0.1) is 0 Å². The van der Waals surface area contributed by atoms with Gasteiger partial charge in [-0.3, -0.25) is 9.59 Å². The maximum atomic E-state index is 11.4. The summed E-state index contributed by atoms with van der Waals surface area (Å²) in [5.41, 5.74) is -0.999. The highest BCUT2D eigenvalue weighted by Gasteiger charge is 2.27. The SMILES string of the molecule is CC(C)(CNC(=O)NCCCC(=O)NC1CC1)C(=O)O. The molecule has 1 fully saturated rings. The fraction of sp³-hybridized carbons (Fsp3) is 0.769. The Hall–Kier alpha value is -1.79. The summed E-state index contributed by atoms with van der Waals surface area (Å²) in [5, 5.41) is 16.9. The van der Waals surface area contributed by atoms with Gasteiger partial charge < -0.3 is 21.1 Å². The molecule has 20 heavy (non-hydrogen) atoms. The van der Waals surface area contributed by atoms with Gasteiger partial charge in [-0.2, -0.15) is 0 Å². The minimum Gasteiger partial charge on any atom is -0.481 e. The monoisotopic (exact) mass is 285 g/mol. The first-order chi connectivity index (χ1) is 9.31. The fourth-order valence-corrected chi connectivity index (χ4v) is 1.42. The standard InChI is InChI=1S/C13H23N3O4/c1-13(2,11(18)19)8-15-12(20)14-7-3-4-10(17)16-9-5-6-9/h9H,3-8H2,1-2H3,(H,16,17)(H,18,19)(H2,14,15,20). The first kappa shape index (κ1) is 16.3. The molecule has 0 aliphatic heterocycles. The molecule has 0 bridgehead atoms. The van der Waals surface area contributed by atoms with Crippen molar-refractivity contribution in [1.29, 1.82) is 0 Å². The van der Waals surface area contributed by atoms with Crippen LogP contribution in [0.2, 0.25) is 0 Å². The molecule has 0 radical (unpaired) electrons. The summed E-state index contributed by atoms with van der Waals surface area (Å²) in [6.45, 7) is 3.52. The Bertz CT molecular complexity index is 378. The molecule has 0 aromatic heterocycles. The molecular weight excluding hydrogens is 262 g/mol. The van der Waals surface area contributed by atoms with Crippen molar-refractivity contribution in [3.8, 4) is 0 Å². The van der Waals surface area contributed by atoms with Gasteiger partial charge in [-0.1, -0.05) is 0 Å². The van der Waals surface area contributed by atoms with Crippen LogP contribution in [0.3, 0.4) is 0 Å². The van der Waals surface area contributed by atoms with Crippen LogP contribution in [0.5, 0.6) is 0 Å². The van der Waals surface area contributed by atoms with Crippen molar-refractivity contribution >= 4 is 17.9 Å². The summed E-state index contributed by atoms with van der Waals surface area (Å²) in [6, 6.07) is -0.0565. The van der Waals surface area contributed by atoms with E-state index in [1.165, 1.54) is 13.8 Å². The van der Waals surface area contributed by atoms with Gasteiger partial charge in [0.2, 0.25) is 5.91 Å². The second kappa shape index (κ2) is 7.12. The highest BCUT2D eigenvalue weighted by molar-refractivity contribution is 5.78. The van der Waals surface area contributed by atoms with Crippen molar-refractivity contribution in [1.82, 2.24) is 16.0 Å². The van der Waals surface area contributed by atoms with E-state index < -0.39 is 17.4 Å². The minimum absolute atomic E-state index is 0.0155. The number of rotatable bonds is 8. The summed E-state index contributed by atoms with van der Waals surface area (Å²) in [5.74, 6) is -0.948. The largest absolute Gasteiger partial charge is 0.481 e. The van der Waals surface area contributed by atoms with E-state index in [2.05, 4.69) is 16.0 Å². The summed E-state index contributed by atoms with van der Waals surface area (Å²) >= 11 is 0.